The molecule has 1 amide bonds. The zero-order chi connectivity index (χ0) is 19.6. The smallest absolute Gasteiger partial charge is 0.339 e. The summed E-state index contributed by atoms with van der Waals surface area (Å²) in [6.45, 7) is 3.84. The number of ether oxygens (including phenoxy) is 1. The number of hydrogen-bond acceptors (Lipinski definition) is 7. The number of methoxy groups -OCH3 is 1. The van der Waals surface area contributed by atoms with Crippen molar-refractivity contribution in [1.82, 2.24) is 9.97 Å². The molecule has 2 N–H and O–H groups in total. The third-order valence-electron chi connectivity index (χ3n) is 3.96. The molecule has 1 aromatic carbocycles. The van der Waals surface area contributed by atoms with Gasteiger partial charge in [0.2, 0.25) is 5.91 Å². The number of carbonyl (C=O) groups excluding carboxylic acids is 2. The van der Waals surface area contributed by atoms with Crippen molar-refractivity contribution >= 4 is 50.9 Å². The molecule has 0 bridgehead atoms. The van der Waals surface area contributed by atoms with E-state index in [9.17, 15) is 14.4 Å². The Morgan fingerprint density at radius 1 is 1.30 bits per heavy atom. The average Bonchev–Trinajstić information content (AvgIpc) is 2.94. The van der Waals surface area contributed by atoms with Gasteiger partial charge in [-0.2, -0.15) is 0 Å². The van der Waals surface area contributed by atoms with Crippen LogP contribution in [-0.2, 0) is 9.53 Å². The first-order valence-corrected chi connectivity index (χ1v) is 9.81. The van der Waals surface area contributed by atoms with Crippen molar-refractivity contribution in [2.45, 2.75) is 19.0 Å². The maximum Gasteiger partial charge on any atom is 0.339 e. The first kappa shape index (κ1) is 19.1. The van der Waals surface area contributed by atoms with Gasteiger partial charge in [-0.25, -0.2) is 9.78 Å². The fraction of sp³-hybridized carbons (Fsp3) is 0.222. The molecule has 2 aromatic heterocycles. The Bertz CT molecular complexity index is 1090. The quantitative estimate of drug-likeness (QED) is 0.386. The van der Waals surface area contributed by atoms with Crippen LogP contribution in [0.2, 0.25) is 0 Å². The minimum absolute atomic E-state index is 0.0350. The zero-order valence-corrected chi connectivity index (χ0v) is 16.5. The minimum atomic E-state index is -0.529. The van der Waals surface area contributed by atoms with Gasteiger partial charge in [-0.1, -0.05) is 23.9 Å². The second-order valence-electron chi connectivity index (χ2n) is 5.71. The molecule has 0 aliphatic heterocycles. The van der Waals surface area contributed by atoms with Crippen LogP contribution < -0.4 is 10.9 Å². The van der Waals surface area contributed by atoms with E-state index >= 15 is 0 Å². The van der Waals surface area contributed by atoms with Crippen LogP contribution in [0.4, 0.5) is 5.69 Å². The number of thiophene rings is 1. The Balaban J connectivity index is 1.73. The maximum atomic E-state index is 12.3. The first-order chi connectivity index (χ1) is 12.9. The number of aromatic amines is 1. The molecule has 7 nitrogen and oxygen atoms in total. The summed E-state index contributed by atoms with van der Waals surface area (Å²) in [6, 6.07) is 6.59. The number of H-pyrrole nitrogens is 1. The fourth-order valence-electron chi connectivity index (χ4n) is 2.50. The number of para-hydroxylation sites is 1. The number of esters is 1. The van der Waals surface area contributed by atoms with Crippen molar-refractivity contribution in [2.75, 3.05) is 18.2 Å². The summed E-state index contributed by atoms with van der Waals surface area (Å²) in [5.74, 6) is -0.816. The van der Waals surface area contributed by atoms with Crippen LogP contribution in [0, 0.1) is 13.8 Å². The Morgan fingerprint density at radius 3 is 2.78 bits per heavy atom. The number of thioether (sulfide) groups is 1. The number of aromatic nitrogens is 2. The van der Waals surface area contributed by atoms with Gasteiger partial charge < -0.3 is 15.0 Å². The zero-order valence-electron chi connectivity index (χ0n) is 14.9. The predicted molar refractivity (Wildman–Crippen MR) is 107 cm³/mol. The number of aryl methyl sites for hydroxylation is 2. The van der Waals surface area contributed by atoms with Gasteiger partial charge >= 0.3 is 5.97 Å². The highest BCUT2D eigenvalue weighted by Crippen LogP contribution is 2.27. The molecule has 140 valence electrons. The van der Waals surface area contributed by atoms with Crippen molar-refractivity contribution in [3.8, 4) is 0 Å². The van der Waals surface area contributed by atoms with Crippen molar-refractivity contribution in [3.05, 3.63) is 50.6 Å². The number of amides is 1. The number of nitrogens with one attached hydrogen (secondary N) is 2. The van der Waals surface area contributed by atoms with E-state index in [4.69, 9.17) is 4.74 Å². The molecular formula is C18H17N3O4S2. The molecular weight excluding hydrogens is 386 g/mol. The molecule has 0 spiro atoms. The van der Waals surface area contributed by atoms with E-state index in [-0.39, 0.29) is 22.8 Å². The highest BCUT2D eigenvalue weighted by atomic mass is 32.2. The van der Waals surface area contributed by atoms with Crippen molar-refractivity contribution < 1.29 is 14.3 Å². The first-order valence-electron chi connectivity index (χ1n) is 8.00. The maximum absolute atomic E-state index is 12.3. The van der Waals surface area contributed by atoms with Gasteiger partial charge in [-0.05, 0) is 31.5 Å². The third kappa shape index (κ3) is 4.04. The fourth-order valence-corrected chi connectivity index (χ4v) is 4.25. The molecule has 0 saturated carbocycles. The molecule has 2 heterocycles. The van der Waals surface area contributed by atoms with Crippen LogP contribution in [0.1, 0.15) is 20.8 Å². The molecule has 0 saturated heterocycles. The normalized spacial score (nSPS) is 10.8. The molecule has 0 radical (unpaired) electrons. The van der Waals surface area contributed by atoms with E-state index in [0.717, 1.165) is 22.2 Å². The van der Waals surface area contributed by atoms with Crippen LogP contribution in [0.15, 0.2) is 34.2 Å². The third-order valence-corrected chi connectivity index (χ3v) is 5.94. The van der Waals surface area contributed by atoms with Gasteiger partial charge in [0.25, 0.3) is 5.56 Å². The van der Waals surface area contributed by atoms with E-state index < -0.39 is 5.97 Å². The standard InChI is InChI=1S/C18H17N3O4S2/c1-9-10(2)27-16-14(9)15(23)20-18(21-16)26-8-13(22)19-12-7-5-4-6-11(12)17(24)25-3/h4-7H,8H2,1-3H3,(H,19,22)(H,20,21,23). The van der Waals surface area contributed by atoms with E-state index in [1.54, 1.807) is 24.3 Å². The van der Waals surface area contributed by atoms with E-state index in [1.165, 1.54) is 18.4 Å². The second kappa shape index (κ2) is 7.93. The summed E-state index contributed by atoms with van der Waals surface area (Å²) in [5, 5.41) is 3.66. The number of anilines is 1. The summed E-state index contributed by atoms with van der Waals surface area (Å²) in [5.41, 5.74) is 1.37. The number of rotatable bonds is 5. The van der Waals surface area contributed by atoms with Gasteiger partial charge in [0.15, 0.2) is 5.16 Å². The number of fused-ring (bicyclic) bond motifs is 1. The van der Waals surface area contributed by atoms with E-state index in [1.807, 2.05) is 13.8 Å². The lowest BCUT2D eigenvalue weighted by atomic mass is 10.2. The molecule has 0 atom stereocenters. The van der Waals surface area contributed by atoms with Gasteiger partial charge in [0.05, 0.1) is 29.5 Å². The Kier molecular flexibility index (Phi) is 5.62. The van der Waals surface area contributed by atoms with Crippen LogP contribution in [-0.4, -0.2) is 34.7 Å². The van der Waals surface area contributed by atoms with Crippen LogP contribution >= 0.6 is 23.1 Å². The largest absolute Gasteiger partial charge is 0.465 e. The monoisotopic (exact) mass is 403 g/mol. The van der Waals surface area contributed by atoms with Crippen molar-refractivity contribution in [1.29, 1.82) is 0 Å². The number of nitrogens with zero attached hydrogens (tertiary/aromatic N) is 1. The number of carbonyl (C=O) groups is 2. The molecule has 0 unspecified atom stereocenters. The molecule has 0 aliphatic rings. The Labute approximate surface area is 163 Å². The molecule has 0 fully saturated rings. The van der Waals surface area contributed by atoms with Crippen molar-refractivity contribution in [3.63, 3.8) is 0 Å². The van der Waals surface area contributed by atoms with Crippen LogP contribution in [0.5, 0.6) is 0 Å². The number of benzene rings is 1. The lowest BCUT2D eigenvalue weighted by Crippen LogP contribution is -2.17. The van der Waals surface area contributed by atoms with Crippen molar-refractivity contribution in [2.24, 2.45) is 0 Å². The molecule has 3 rings (SSSR count). The second-order valence-corrected chi connectivity index (χ2v) is 7.88. The molecule has 27 heavy (non-hydrogen) atoms. The van der Waals surface area contributed by atoms with Gasteiger partial charge in [0.1, 0.15) is 4.83 Å². The lowest BCUT2D eigenvalue weighted by Gasteiger charge is -2.09. The minimum Gasteiger partial charge on any atom is -0.465 e. The van der Waals surface area contributed by atoms with E-state index in [0.29, 0.717) is 21.1 Å². The summed E-state index contributed by atoms with van der Waals surface area (Å²) in [4.78, 5) is 45.1. The molecule has 3 aromatic rings. The highest BCUT2D eigenvalue weighted by molar-refractivity contribution is 7.99. The lowest BCUT2D eigenvalue weighted by molar-refractivity contribution is -0.113. The van der Waals surface area contributed by atoms with Crippen LogP contribution in [0.3, 0.4) is 0 Å². The molecule has 0 aliphatic carbocycles. The average molecular weight is 403 g/mol. The topological polar surface area (TPSA) is 101 Å². The summed E-state index contributed by atoms with van der Waals surface area (Å²) < 4.78 is 4.71. The van der Waals surface area contributed by atoms with E-state index in [2.05, 4.69) is 15.3 Å². The van der Waals surface area contributed by atoms with Gasteiger partial charge in [-0.3, -0.25) is 9.59 Å². The Hall–Kier alpha value is -2.65. The Morgan fingerprint density at radius 2 is 2.04 bits per heavy atom. The summed E-state index contributed by atoms with van der Waals surface area (Å²) in [7, 11) is 1.28. The summed E-state index contributed by atoms with van der Waals surface area (Å²) in [6.07, 6.45) is 0. The number of hydrogen-bond donors (Lipinski definition) is 2. The SMILES string of the molecule is COC(=O)c1ccccc1NC(=O)CSc1nc2sc(C)c(C)c2c(=O)[nH]1. The predicted octanol–water partition coefficient (Wildman–Crippen LogP) is 3.12. The summed E-state index contributed by atoms with van der Waals surface area (Å²) >= 11 is 2.58. The highest BCUT2D eigenvalue weighted by Gasteiger charge is 2.15. The molecule has 9 heteroatoms. The van der Waals surface area contributed by atoms with Crippen LogP contribution in [0.25, 0.3) is 10.2 Å². The van der Waals surface area contributed by atoms with Gasteiger partial charge in [0, 0.05) is 4.88 Å². The van der Waals surface area contributed by atoms with Gasteiger partial charge in [-0.15, -0.1) is 11.3 Å².